The van der Waals surface area contributed by atoms with Gasteiger partial charge in [-0.25, -0.2) is 27.1 Å². The Hall–Kier alpha value is -4.43. The highest BCUT2D eigenvalue weighted by Gasteiger charge is 2.45. The van der Waals surface area contributed by atoms with E-state index in [4.69, 9.17) is 4.74 Å². The molecule has 3 saturated heterocycles. The molecule has 244 valence electrons. The maximum atomic E-state index is 15.1. The topological polar surface area (TPSA) is 89.9 Å². The molecule has 0 saturated carbocycles. The number of ether oxygens (including phenoxy) is 1. The minimum Gasteiger partial charge on any atom is -0.489 e. The number of halogens is 4. The number of anilines is 1. The molecule has 0 spiro atoms. The highest BCUT2D eigenvalue weighted by molar-refractivity contribution is 6.83. The Bertz CT molecular complexity index is 1930. The number of aliphatic hydroxyl groups is 1. The van der Waals surface area contributed by atoms with E-state index in [2.05, 4.69) is 32.5 Å². The van der Waals surface area contributed by atoms with Gasteiger partial charge in [0.1, 0.15) is 37.9 Å². The van der Waals surface area contributed by atoms with Crippen LogP contribution in [-0.2, 0) is 6.54 Å². The van der Waals surface area contributed by atoms with Crippen LogP contribution in [0, 0.1) is 46.1 Å². The Morgan fingerprint density at radius 1 is 1.04 bits per heavy atom. The number of benzene rings is 1. The van der Waals surface area contributed by atoms with Crippen molar-refractivity contribution < 1.29 is 27.4 Å². The Balaban J connectivity index is 1.20. The first-order valence-electron chi connectivity index (χ1n) is 15.3. The Labute approximate surface area is 271 Å². The van der Waals surface area contributed by atoms with Crippen LogP contribution in [0.15, 0.2) is 36.8 Å². The lowest BCUT2D eigenvalue weighted by atomic mass is 9.86. The van der Waals surface area contributed by atoms with E-state index in [1.165, 1.54) is 6.20 Å². The van der Waals surface area contributed by atoms with Crippen LogP contribution in [0.3, 0.4) is 0 Å². The summed E-state index contributed by atoms with van der Waals surface area (Å²) in [4.78, 5) is 8.63. The van der Waals surface area contributed by atoms with Crippen molar-refractivity contribution in [3.63, 3.8) is 0 Å². The SMILES string of the molecule is CC(C)(O)COc1cc(-c2ccc(N3CC4CC(C3)N4Cc3c(F)c(F)c(C#C[Si](C)(C)C)c(F)c3F)nc2)c2c(C#N)cnn2c1. The molecule has 1 N–H and O–H groups in total. The van der Waals surface area contributed by atoms with Crippen molar-refractivity contribution in [2.24, 2.45) is 0 Å². The average Bonchev–Trinajstić information content (AvgIpc) is 3.45. The van der Waals surface area contributed by atoms with E-state index in [0.717, 1.165) is 12.0 Å². The predicted octanol–water partition coefficient (Wildman–Crippen LogP) is 5.67. The summed E-state index contributed by atoms with van der Waals surface area (Å²) in [5, 5.41) is 24.1. The summed E-state index contributed by atoms with van der Waals surface area (Å²) in [6.45, 7) is 9.71. The predicted molar refractivity (Wildman–Crippen MR) is 171 cm³/mol. The fourth-order valence-electron chi connectivity index (χ4n) is 5.96. The van der Waals surface area contributed by atoms with Crippen molar-refractivity contribution in [1.29, 1.82) is 5.26 Å². The molecule has 3 aromatic heterocycles. The molecule has 0 radical (unpaired) electrons. The van der Waals surface area contributed by atoms with Crippen molar-refractivity contribution in [1.82, 2.24) is 19.5 Å². The standard InChI is InChI=1S/C34H34F4N6O2Si/c1-34(2,45)19-46-24-11-26(33-21(12-39)14-41-44(33)17-24)20-6-7-28(40-13-20)42-15-22-10-23(16-42)43(22)18-27-31(37)29(35)25(30(36)32(27)38)8-9-47(3,4)5/h6-7,11,13-14,17,22-23,45H,10,15-16,18-19H2,1-5H3. The second-order valence-corrected chi connectivity index (χ2v) is 18.5. The molecule has 4 aromatic rings. The molecule has 2 unspecified atom stereocenters. The Morgan fingerprint density at radius 2 is 1.72 bits per heavy atom. The lowest BCUT2D eigenvalue weighted by Gasteiger charge is -2.56. The fourth-order valence-corrected chi connectivity index (χ4v) is 6.46. The van der Waals surface area contributed by atoms with E-state index in [-0.39, 0.29) is 25.2 Å². The number of piperidine rings is 1. The van der Waals surface area contributed by atoms with E-state index in [1.54, 1.807) is 36.8 Å². The summed E-state index contributed by atoms with van der Waals surface area (Å²) in [5.74, 6) is -2.21. The van der Waals surface area contributed by atoms with Gasteiger partial charge in [-0.1, -0.05) is 25.6 Å². The summed E-state index contributed by atoms with van der Waals surface area (Å²) in [7, 11) is -2.04. The van der Waals surface area contributed by atoms with Gasteiger partial charge in [-0.05, 0) is 38.5 Å². The van der Waals surface area contributed by atoms with E-state index in [9.17, 15) is 19.1 Å². The molecule has 1 aromatic carbocycles. The number of piperazine rings is 1. The van der Waals surface area contributed by atoms with E-state index >= 15 is 8.78 Å². The van der Waals surface area contributed by atoms with Crippen LogP contribution < -0.4 is 9.64 Å². The van der Waals surface area contributed by atoms with E-state index < -0.39 is 48.1 Å². The molecule has 3 aliphatic rings. The maximum absolute atomic E-state index is 15.1. The first kappa shape index (κ1) is 32.5. The summed E-state index contributed by atoms with van der Waals surface area (Å²) in [6.07, 6.45) is 5.61. The van der Waals surface area contributed by atoms with E-state index in [0.29, 0.717) is 41.3 Å². The third-order valence-corrected chi connectivity index (χ3v) is 9.16. The first-order chi connectivity index (χ1) is 22.1. The van der Waals surface area contributed by atoms with Crippen molar-refractivity contribution in [3.8, 4) is 34.4 Å². The normalized spacial score (nSPS) is 18.0. The van der Waals surface area contributed by atoms with Gasteiger partial charge in [0.05, 0.1) is 29.1 Å². The third kappa shape index (κ3) is 6.43. The van der Waals surface area contributed by atoms with Gasteiger partial charge in [0.15, 0.2) is 23.3 Å². The van der Waals surface area contributed by atoms with Crippen molar-refractivity contribution in [2.45, 2.75) is 64.1 Å². The van der Waals surface area contributed by atoms with Crippen LogP contribution in [-0.4, -0.2) is 70.1 Å². The summed E-state index contributed by atoms with van der Waals surface area (Å²) < 4.78 is 67.2. The summed E-state index contributed by atoms with van der Waals surface area (Å²) in [6, 6.07) is 7.52. The largest absolute Gasteiger partial charge is 0.489 e. The van der Waals surface area contributed by atoms with Crippen LogP contribution >= 0.6 is 0 Å². The smallest absolute Gasteiger partial charge is 0.177 e. The van der Waals surface area contributed by atoms with Gasteiger partial charge in [-0.2, -0.15) is 10.4 Å². The Kier molecular flexibility index (Phi) is 8.28. The number of hydrogen-bond acceptors (Lipinski definition) is 7. The fraction of sp³-hybridized carbons (Fsp3) is 0.382. The third-order valence-electron chi connectivity index (χ3n) is 8.28. The molecule has 47 heavy (non-hydrogen) atoms. The second kappa shape index (κ2) is 12.0. The molecule has 3 fully saturated rings. The number of nitriles is 1. The highest BCUT2D eigenvalue weighted by Crippen LogP contribution is 2.38. The number of pyridine rings is 2. The lowest BCUT2D eigenvalue weighted by Crippen LogP contribution is -2.68. The van der Waals surface area contributed by atoms with Gasteiger partial charge in [0, 0.05) is 54.6 Å². The molecule has 8 nitrogen and oxygen atoms in total. The van der Waals surface area contributed by atoms with Gasteiger partial charge in [0.2, 0.25) is 0 Å². The molecule has 0 aliphatic carbocycles. The molecular weight excluding hydrogens is 628 g/mol. The molecule has 7 rings (SSSR count). The quantitative estimate of drug-likeness (QED) is 0.118. The zero-order chi connectivity index (χ0) is 33.8. The number of hydrogen-bond donors (Lipinski definition) is 1. The zero-order valence-electron chi connectivity index (χ0n) is 26.7. The number of aromatic nitrogens is 3. The van der Waals surface area contributed by atoms with Crippen LogP contribution in [0.2, 0.25) is 19.6 Å². The van der Waals surface area contributed by atoms with Crippen LogP contribution in [0.25, 0.3) is 16.6 Å². The van der Waals surface area contributed by atoms with Crippen LogP contribution in [0.5, 0.6) is 5.75 Å². The number of nitrogens with zero attached hydrogens (tertiary/aromatic N) is 6. The molecule has 13 heteroatoms. The van der Waals surface area contributed by atoms with Crippen LogP contribution in [0.1, 0.15) is 37.0 Å². The van der Waals surface area contributed by atoms with Gasteiger partial charge >= 0.3 is 0 Å². The molecule has 2 bridgehead atoms. The minimum atomic E-state index is -2.04. The molecule has 3 aliphatic heterocycles. The van der Waals surface area contributed by atoms with Gasteiger partial charge in [0.25, 0.3) is 0 Å². The first-order valence-corrected chi connectivity index (χ1v) is 18.8. The summed E-state index contributed by atoms with van der Waals surface area (Å²) >= 11 is 0. The van der Waals surface area contributed by atoms with Gasteiger partial charge in [-0.15, -0.1) is 5.54 Å². The van der Waals surface area contributed by atoms with Gasteiger partial charge < -0.3 is 14.7 Å². The molecule has 2 atom stereocenters. The van der Waals surface area contributed by atoms with Crippen molar-refractivity contribution in [3.05, 3.63) is 76.7 Å². The number of fused-ring (bicyclic) bond motifs is 3. The number of rotatable bonds is 7. The van der Waals surface area contributed by atoms with Crippen LogP contribution in [0.4, 0.5) is 23.4 Å². The monoisotopic (exact) mass is 662 g/mol. The summed E-state index contributed by atoms with van der Waals surface area (Å²) in [5.41, 5.74) is 2.62. The van der Waals surface area contributed by atoms with Crippen molar-refractivity contribution >= 4 is 19.4 Å². The minimum absolute atomic E-state index is 0.0533. The lowest BCUT2D eigenvalue weighted by molar-refractivity contribution is -0.0106. The Morgan fingerprint density at radius 3 is 2.30 bits per heavy atom. The van der Waals surface area contributed by atoms with Gasteiger partial charge in [-0.3, -0.25) is 4.90 Å². The highest BCUT2D eigenvalue weighted by atomic mass is 28.3. The molecule has 0 amide bonds. The maximum Gasteiger partial charge on any atom is 0.177 e. The second-order valence-electron chi connectivity index (χ2n) is 13.8. The molecule has 6 heterocycles. The van der Waals surface area contributed by atoms with E-state index in [1.807, 2.05) is 36.7 Å². The molecular formula is C34H34F4N6O2Si. The van der Waals surface area contributed by atoms with Crippen molar-refractivity contribution in [2.75, 3.05) is 24.6 Å². The zero-order valence-corrected chi connectivity index (χ0v) is 27.7. The average molecular weight is 663 g/mol.